The summed E-state index contributed by atoms with van der Waals surface area (Å²) < 4.78 is 0. The quantitative estimate of drug-likeness (QED) is 0.915. The molecule has 0 spiro atoms. The second-order valence-corrected chi connectivity index (χ2v) is 7.36. The smallest absolute Gasteiger partial charge is 0.211 e. The number of likely N-dealkylation sites (tertiary alicyclic amines) is 1. The number of aryl methyl sites for hydroxylation is 1. The van der Waals surface area contributed by atoms with Crippen LogP contribution in [0.2, 0.25) is 0 Å². The van der Waals surface area contributed by atoms with E-state index >= 15 is 0 Å². The van der Waals surface area contributed by atoms with Gasteiger partial charge < -0.3 is 5.32 Å². The third kappa shape index (κ3) is 3.10. The van der Waals surface area contributed by atoms with E-state index in [9.17, 15) is 0 Å². The highest BCUT2D eigenvalue weighted by atomic mass is 32.1. The first-order valence-electron chi connectivity index (χ1n) is 7.91. The molecule has 2 aliphatic rings. The van der Waals surface area contributed by atoms with E-state index in [4.69, 9.17) is 4.98 Å². The van der Waals surface area contributed by atoms with Crippen LogP contribution < -0.4 is 5.32 Å². The van der Waals surface area contributed by atoms with Crippen molar-refractivity contribution < 1.29 is 0 Å². The van der Waals surface area contributed by atoms with Crippen LogP contribution in [0, 0.1) is 12.8 Å². The molecule has 1 aliphatic carbocycles. The number of anilines is 2. The Morgan fingerprint density at radius 1 is 1.27 bits per heavy atom. The van der Waals surface area contributed by atoms with Crippen LogP contribution in [-0.4, -0.2) is 38.2 Å². The van der Waals surface area contributed by atoms with Crippen molar-refractivity contribution in [3.8, 4) is 0 Å². The highest BCUT2D eigenvalue weighted by Crippen LogP contribution is 2.37. The average molecular weight is 316 g/mol. The number of rotatable bonds is 5. The van der Waals surface area contributed by atoms with Gasteiger partial charge in [-0.2, -0.15) is 0 Å². The summed E-state index contributed by atoms with van der Waals surface area (Å²) in [5, 5.41) is 13.0. The van der Waals surface area contributed by atoms with Gasteiger partial charge in [0.25, 0.3) is 0 Å². The minimum Gasteiger partial charge on any atom is -0.313 e. The van der Waals surface area contributed by atoms with Crippen LogP contribution in [0.15, 0.2) is 12.4 Å². The zero-order valence-electron chi connectivity index (χ0n) is 12.7. The van der Waals surface area contributed by atoms with Gasteiger partial charge >= 0.3 is 0 Å². The molecule has 22 heavy (non-hydrogen) atoms. The van der Waals surface area contributed by atoms with Crippen molar-refractivity contribution >= 4 is 22.3 Å². The summed E-state index contributed by atoms with van der Waals surface area (Å²) in [4.78, 5) is 11.7. The summed E-state index contributed by atoms with van der Waals surface area (Å²) in [7, 11) is 0. The number of hydrogen-bond donors (Lipinski definition) is 1. The molecule has 7 heteroatoms. The van der Waals surface area contributed by atoms with Gasteiger partial charge in [0.15, 0.2) is 5.82 Å². The van der Waals surface area contributed by atoms with E-state index in [-0.39, 0.29) is 0 Å². The van der Waals surface area contributed by atoms with Crippen LogP contribution >= 0.6 is 11.3 Å². The van der Waals surface area contributed by atoms with Gasteiger partial charge in [-0.05, 0) is 45.1 Å². The Balaban J connectivity index is 1.50. The van der Waals surface area contributed by atoms with Crippen molar-refractivity contribution in [3.63, 3.8) is 0 Å². The predicted molar refractivity (Wildman–Crippen MR) is 86.2 cm³/mol. The Bertz CT molecular complexity index is 653. The van der Waals surface area contributed by atoms with Gasteiger partial charge in [-0.25, -0.2) is 4.98 Å². The Hall–Kier alpha value is -1.60. The topological polar surface area (TPSA) is 66.8 Å². The Labute approximate surface area is 134 Å². The standard InChI is InChI=1S/C15H20N6S/c1-10-19-20-15(22-10)18-14-8-16-7-12(17-14)13-3-2-6-21(13)9-11-4-5-11/h7-8,11,13H,2-6,9H2,1H3,(H,17,18,20)/t13-/m1/s1. The molecule has 1 saturated heterocycles. The summed E-state index contributed by atoms with van der Waals surface area (Å²) >= 11 is 1.53. The minimum absolute atomic E-state index is 0.422. The lowest BCUT2D eigenvalue weighted by Crippen LogP contribution is -2.26. The Morgan fingerprint density at radius 2 is 2.18 bits per heavy atom. The second kappa shape index (κ2) is 5.89. The average Bonchev–Trinajstić information content (AvgIpc) is 3.04. The lowest BCUT2D eigenvalue weighted by molar-refractivity contribution is 0.242. The maximum Gasteiger partial charge on any atom is 0.211 e. The normalized spacial score (nSPS) is 22.1. The number of hydrogen-bond acceptors (Lipinski definition) is 7. The van der Waals surface area contributed by atoms with E-state index in [0.717, 1.165) is 27.6 Å². The molecular formula is C15H20N6S. The van der Waals surface area contributed by atoms with Gasteiger partial charge in [0, 0.05) is 6.54 Å². The van der Waals surface area contributed by atoms with E-state index in [0.29, 0.717) is 6.04 Å². The minimum atomic E-state index is 0.422. The van der Waals surface area contributed by atoms with Crippen molar-refractivity contribution in [2.24, 2.45) is 5.92 Å². The molecule has 116 valence electrons. The first kappa shape index (κ1) is 14.0. The highest BCUT2D eigenvalue weighted by molar-refractivity contribution is 7.15. The van der Waals surface area contributed by atoms with Crippen molar-refractivity contribution in [2.75, 3.05) is 18.4 Å². The van der Waals surface area contributed by atoms with Crippen molar-refractivity contribution in [3.05, 3.63) is 23.1 Å². The molecule has 1 aliphatic heterocycles. The van der Waals surface area contributed by atoms with Crippen molar-refractivity contribution in [1.82, 2.24) is 25.1 Å². The second-order valence-electron chi connectivity index (χ2n) is 6.18. The van der Waals surface area contributed by atoms with Gasteiger partial charge in [-0.1, -0.05) is 11.3 Å². The molecule has 4 rings (SSSR count). The Kier molecular flexibility index (Phi) is 3.75. The van der Waals surface area contributed by atoms with Gasteiger partial charge in [-0.3, -0.25) is 9.88 Å². The van der Waals surface area contributed by atoms with E-state index in [1.54, 1.807) is 6.20 Å². The first-order chi connectivity index (χ1) is 10.8. The van der Waals surface area contributed by atoms with Crippen LogP contribution in [0.3, 0.4) is 0 Å². The van der Waals surface area contributed by atoms with Crippen LogP contribution in [0.4, 0.5) is 10.9 Å². The molecule has 2 aromatic heterocycles. The van der Waals surface area contributed by atoms with Gasteiger partial charge in [0.1, 0.15) is 5.01 Å². The summed E-state index contributed by atoms with van der Waals surface area (Å²) in [5.41, 5.74) is 1.07. The lowest BCUT2D eigenvalue weighted by atomic mass is 10.1. The van der Waals surface area contributed by atoms with Gasteiger partial charge in [-0.15, -0.1) is 10.2 Å². The molecule has 1 saturated carbocycles. The summed E-state index contributed by atoms with van der Waals surface area (Å²) in [6, 6.07) is 0.422. The number of nitrogens with one attached hydrogen (secondary N) is 1. The zero-order chi connectivity index (χ0) is 14.9. The zero-order valence-corrected chi connectivity index (χ0v) is 13.5. The van der Waals surface area contributed by atoms with Gasteiger partial charge in [0.05, 0.1) is 24.1 Å². The largest absolute Gasteiger partial charge is 0.313 e. The van der Waals surface area contributed by atoms with E-state index in [2.05, 4.69) is 25.4 Å². The van der Waals surface area contributed by atoms with Crippen molar-refractivity contribution in [1.29, 1.82) is 0 Å². The number of aromatic nitrogens is 4. The lowest BCUT2D eigenvalue weighted by Gasteiger charge is -2.23. The molecule has 0 amide bonds. The van der Waals surface area contributed by atoms with Crippen LogP contribution in [0.25, 0.3) is 0 Å². The Morgan fingerprint density at radius 3 is 2.95 bits per heavy atom. The first-order valence-corrected chi connectivity index (χ1v) is 8.73. The fourth-order valence-corrected chi connectivity index (χ4v) is 3.67. The molecule has 1 atom stereocenters. The molecule has 1 N–H and O–H groups in total. The van der Waals surface area contributed by atoms with Crippen LogP contribution in [-0.2, 0) is 0 Å². The van der Waals surface area contributed by atoms with Crippen LogP contribution in [0.1, 0.15) is 42.4 Å². The molecule has 3 heterocycles. The maximum atomic E-state index is 4.76. The summed E-state index contributed by atoms with van der Waals surface area (Å²) in [6.07, 6.45) is 8.89. The van der Waals surface area contributed by atoms with E-state index in [1.165, 1.54) is 50.1 Å². The summed E-state index contributed by atoms with van der Waals surface area (Å²) in [6.45, 7) is 4.36. The van der Waals surface area contributed by atoms with E-state index in [1.807, 2.05) is 13.1 Å². The molecule has 0 unspecified atom stereocenters. The fraction of sp³-hybridized carbons (Fsp3) is 0.600. The highest BCUT2D eigenvalue weighted by Gasteiger charge is 2.32. The third-order valence-corrected chi connectivity index (χ3v) is 5.06. The SMILES string of the molecule is Cc1nnc(Nc2cncc([C@H]3CCCN3CC3CC3)n2)s1. The molecule has 2 fully saturated rings. The monoisotopic (exact) mass is 316 g/mol. The molecule has 0 aromatic carbocycles. The fourth-order valence-electron chi connectivity index (χ4n) is 3.07. The van der Waals surface area contributed by atoms with Crippen molar-refractivity contribution in [2.45, 2.75) is 38.6 Å². The summed E-state index contributed by atoms with van der Waals surface area (Å²) in [5.74, 6) is 1.67. The number of nitrogens with zero attached hydrogens (tertiary/aromatic N) is 5. The molecule has 0 bridgehead atoms. The van der Waals surface area contributed by atoms with Crippen LogP contribution in [0.5, 0.6) is 0 Å². The van der Waals surface area contributed by atoms with Gasteiger partial charge in [0.2, 0.25) is 5.13 Å². The van der Waals surface area contributed by atoms with E-state index < -0.39 is 0 Å². The molecule has 6 nitrogen and oxygen atoms in total. The predicted octanol–water partition coefficient (Wildman–Crippen LogP) is 2.93. The molecule has 2 aromatic rings. The third-order valence-electron chi connectivity index (χ3n) is 4.31. The molecule has 0 radical (unpaired) electrons. The maximum absolute atomic E-state index is 4.76. The molecular weight excluding hydrogens is 296 g/mol.